The minimum absolute atomic E-state index is 0.0945. The highest BCUT2D eigenvalue weighted by atomic mass is 16.1. The number of hydrogen-bond donors (Lipinski definition) is 3. The molecule has 0 aromatic carbocycles. The summed E-state index contributed by atoms with van der Waals surface area (Å²) in [5.41, 5.74) is 5.07. The lowest BCUT2D eigenvalue weighted by molar-refractivity contribution is -0.110. The predicted octanol–water partition coefficient (Wildman–Crippen LogP) is -1.76. The summed E-state index contributed by atoms with van der Waals surface area (Å²) in [6, 6.07) is 0. The second-order valence-electron chi connectivity index (χ2n) is 1.15. The van der Waals surface area contributed by atoms with E-state index in [0.717, 1.165) is 0 Å². The van der Waals surface area contributed by atoms with E-state index >= 15 is 0 Å². The Kier molecular flexibility index (Phi) is 3.85. The molecule has 0 fully saturated rings. The highest BCUT2D eigenvalue weighted by Gasteiger charge is 1.80. The van der Waals surface area contributed by atoms with Gasteiger partial charge in [0.1, 0.15) is 5.82 Å². The molecule has 0 radical (unpaired) electrons. The van der Waals surface area contributed by atoms with Crippen LogP contribution in [0.25, 0.3) is 0 Å². The van der Waals surface area contributed by atoms with Crippen LogP contribution < -0.4 is 16.4 Å². The van der Waals surface area contributed by atoms with Crippen molar-refractivity contribution in [1.29, 1.82) is 0 Å². The fourth-order valence-electron chi connectivity index (χ4n) is 0.234. The van der Waals surface area contributed by atoms with E-state index in [2.05, 4.69) is 10.6 Å². The lowest BCUT2D eigenvalue weighted by Crippen LogP contribution is -2.20. The van der Waals surface area contributed by atoms with Crippen LogP contribution in [-0.2, 0) is 9.59 Å². The van der Waals surface area contributed by atoms with E-state index in [-0.39, 0.29) is 5.82 Å². The van der Waals surface area contributed by atoms with Crippen molar-refractivity contribution in [3.8, 4) is 0 Å². The molecule has 0 heterocycles. The minimum Gasteiger partial charge on any atom is -0.384 e. The second kappa shape index (κ2) is 4.63. The van der Waals surface area contributed by atoms with Crippen molar-refractivity contribution >= 4 is 12.8 Å². The molecule has 2 amide bonds. The van der Waals surface area contributed by atoms with Crippen molar-refractivity contribution in [1.82, 2.24) is 10.6 Å². The van der Waals surface area contributed by atoms with Gasteiger partial charge in [-0.1, -0.05) is 0 Å². The van der Waals surface area contributed by atoms with Crippen molar-refractivity contribution in [2.45, 2.75) is 0 Å². The zero-order valence-electron chi connectivity index (χ0n) is 4.63. The molecule has 0 aliphatic carbocycles. The summed E-state index contributed by atoms with van der Waals surface area (Å²) < 4.78 is 0. The molecule has 0 saturated heterocycles. The third kappa shape index (κ3) is 4.33. The molecular weight excluding hydrogens is 122 g/mol. The van der Waals surface area contributed by atoms with Gasteiger partial charge in [0.2, 0.25) is 12.8 Å². The van der Waals surface area contributed by atoms with E-state index in [1.54, 1.807) is 0 Å². The first-order valence-corrected chi connectivity index (χ1v) is 2.16. The van der Waals surface area contributed by atoms with Gasteiger partial charge in [0.15, 0.2) is 0 Å². The molecule has 0 saturated carbocycles. The van der Waals surface area contributed by atoms with Gasteiger partial charge in [0, 0.05) is 6.20 Å². The molecule has 5 nitrogen and oxygen atoms in total. The molecule has 0 rings (SSSR count). The van der Waals surface area contributed by atoms with E-state index in [0.29, 0.717) is 12.8 Å². The van der Waals surface area contributed by atoms with Gasteiger partial charge in [0.25, 0.3) is 0 Å². The molecule has 0 aliphatic rings. The Morgan fingerprint density at radius 3 is 2.44 bits per heavy atom. The molecule has 9 heavy (non-hydrogen) atoms. The van der Waals surface area contributed by atoms with Gasteiger partial charge < -0.3 is 16.4 Å². The van der Waals surface area contributed by atoms with Crippen molar-refractivity contribution in [3.63, 3.8) is 0 Å². The lowest BCUT2D eigenvalue weighted by Gasteiger charge is -1.93. The van der Waals surface area contributed by atoms with Crippen LogP contribution in [0.3, 0.4) is 0 Å². The summed E-state index contributed by atoms with van der Waals surface area (Å²) in [6.45, 7) is 0. The molecule has 0 unspecified atom stereocenters. The highest BCUT2D eigenvalue weighted by molar-refractivity contribution is 5.51. The number of hydrogen-bond acceptors (Lipinski definition) is 3. The molecule has 0 aliphatic heterocycles. The SMILES string of the molecule is N/C(=C\NC=O)NC=O. The zero-order chi connectivity index (χ0) is 7.11. The number of carbonyl (C=O) groups excluding carboxylic acids is 2. The molecule has 0 aromatic heterocycles. The number of nitrogens with two attached hydrogens (primary N) is 1. The van der Waals surface area contributed by atoms with Gasteiger partial charge >= 0.3 is 0 Å². The fourth-order valence-corrected chi connectivity index (χ4v) is 0.234. The first kappa shape index (κ1) is 7.48. The molecule has 0 bridgehead atoms. The van der Waals surface area contributed by atoms with Crippen molar-refractivity contribution in [2.24, 2.45) is 5.73 Å². The van der Waals surface area contributed by atoms with E-state index in [9.17, 15) is 9.59 Å². The van der Waals surface area contributed by atoms with E-state index in [1.165, 1.54) is 6.20 Å². The summed E-state index contributed by atoms with van der Waals surface area (Å²) in [5, 5.41) is 4.26. The van der Waals surface area contributed by atoms with Crippen molar-refractivity contribution < 1.29 is 9.59 Å². The topological polar surface area (TPSA) is 84.2 Å². The Bertz CT molecular complexity index is 132. The summed E-state index contributed by atoms with van der Waals surface area (Å²) in [4.78, 5) is 19.2. The Balaban J connectivity index is 3.53. The summed E-state index contributed by atoms with van der Waals surface area (Å²) in [6.07, 6.45) is 2.03. The van der Waals surface area contributed by atoms with Crippen LogP contribution in [0.1, 0.15) is 0 Å². The minimum atomic E-state index is 0.0945. The Morgan fingerprint density at radius 2 is 2.00 bits per heavy atom. The number of carbonyl (C=O) groups is 2. The summed E-state index contributed by atoms with van der Waals surface area (Å²) in [7, 11) is 0. The van der Waals surface area contributed by atoms with Crippen LogP contribution in [0, 0.1) is 0 Å². The van der Waals surface area contributed by atoms with Crippen LogP contribution in [0.5, 0.6) is 0 Å². The van der Waals surface area contributed by atoms with Gasteiger partial charge in [-0.25, -0.2) is 0 Å². The number of nitrogens with one attached hydrogen (secondary N) is 2. The summed E-state index contributed by atoms with van der Waals surface area (Å²) >= 11 is 0. The standard InChI is InChI=1S/C4H7N3O2/c5-4(7-3-9)1-6-2-8/h1-3H,5H2,(H,6,8)(H,7,9)/b4-1+. The van der Waals surface area contributed by atoms with Crippen LogP contribution >= 0.6 is 0 Å². The number of rotatable bonds is 4. The van der Waals surface area contributed by atoms with Crippen molar-refractivity contribution in [3.05, 3.63) is 12.0 Å². The average molecular weight is 129 g/mol. The Labute approximate surface area is 51.9 Å². The van der Waals surface area contributed by atoms with Crippen LogP contribution in [0.2, 0.25) is 0 Å². The quantitative estimate of drug-likeness (QED) is 0.393. The third-order valence-corrected chi connectivity index (χ3v) is 0.532. The normalized spacial score (nSPS) is 10.0. The molecule has 5 heteroatoms. The molecule has 0 spiro atoms. The van der Waals surface area contributed by atoms with E-state index in [1.807, 2.05) is 0 Å². The maximum atomic E-state index is 9.63. The molecule has 0 atom stereocenters. The Hall–Kier alpha value is -1.52. The van der Waals surface area contributed by atoms with Crippen LogP contribution in [0.4, 0.5) is 0 Å². The van der Waals surface area contributed by atoms with Crippen molar-refractivity contribution in [2.75, 3.05) is 0 Å². The molecular formula is C4H7N3O2. The van der Waals surface area contributed by atoms with Gasteiger partial charge in [-0.2, -0.15) is 0 Å². The van der Waals surface area contributed by atoms with Gasteiger partial charge in [0.05, 0.1) is 0 Å². The molecule has 4 N–H and O–H groups in total. The maximum Gasteiger partial charge on any atom is 0.212 e. The largest absolute Gasteiger partial charge is 0.384 e. The smallest absolute Gasteiger partial charge is 0.212 e. The van der Waals surface area contributed by atoms with Gasteiger partial charge in [-0.3, -0.25) is 9.59 Å². The maximum absolute atomic E-state index is 9.63. The van der Waals surface area contributed by atoms with Crippen LogP contribution in [0.15, 0.2) is 12.0 Å². The predicted molar refractivity (Wildman–Crippen MR) is 30.7 cm³/mol. The first-order chi connectivity index (χ1) is 4.31. The van der Waals surface area contributed by atoms with Gasteiger partial charge in [-0.15, -0.1) is 0 Å². The number of amides is 2. The zero-order valence-corrected chi connectivity index (χ0v) is 4.63. The van der Waals surface area contributed by atoms with Crippen LogP contribution in [-0.4, -0.2) is 12.8 Å². The van der Waals surface area contributed by atoms with Gasteiger partial charge in [-0.05, 0) is 0 Å². The van der Waals surface area contributed by atoms with E-state index in [4.69, 9.17) is 5.73 Å². The first-order valence-electron chi connectivity index (χ1n) is 2.16. The molecule has 50 valence electrons. The highest BCUT2D eigenvalue weighted by Crippen LogP contribution is 1.65. The average Bonchev–Trinajstić information content (AvgIpc) is 1.85. The summed E-state index contributed by atoms with van der Waals surface area (Å²) in [5.74, 6) is 0.0945. The van der Waals surface area contributed by atoms with E-state index < -0.39 is 0 Å². The third-order valence-electron chi connectivity index (χ3n) is 0.532. The Morgan fingerprint density at radius 1 is 1.33 bits per heavy atom. The lowest BCUT2D eigenvalue weighted by atomic mass is 10.7. The monoisotopic (exact) mass is 129 g/mol. The second-order valence-corrected chi connectivity index (χ2v) is 1.15. The fraction of sp³-hybridized carbons (Fsp3) is 0. The molecule has 0 aromatic rings.